The van der Waals surface area contributed by atoms with E-state index in [4.69, 9.17) is 4.74 Å². The van der Waals surface area contributed by atoms with Crippen LogP contribution >= 0.6 is 0 Å². The van der Waals surface area contributed by atoms with Crippen molar-refractivity contribution in [2.75, 3.05) is 13.2 Å². The number of carbonyl (C=O) groups excluding carboxylic acids is 1. The summed E-state index contributed by atoms with van der Waals surface area (Å²) in [6, 6.07) is 4.39. The van der Waals surface area contributed by atoms with Gasteiger partial charge in [-0.3, -0.25) is 0 Å². The number of ether oxygens (including phenoxy) is 1. The number of fused-ring (bicyclic) bond motifs is 7. The second kappa shape index (κ2) is 10.9. The molecule has 248 valence electrons. The van der Waals surface area contributed by atoms with Crippen molar-refractivity contribution in [1.82, 2.24) is 0 Å². The largest absolute Gasteiger partial charge is 0.504 e. The highest BCUT2D eigenvalue weighted by atomic mass is 16.5. The average Bonchev–Trinajstić information content (AvgIpc) is 2.99. The molecule has 6 heteroatoms. The van der Waals surface area contributed by atoms with E-state index in [0.717, 1.165) is 51.4 Å². The third kappa shape index (κ3) is 4.91. The number of aliphatic hydroxyl groups excluding tert-OH is 2. The Morgan fingerprint density at radius 2 is 1.67 bits per heavy atom. The fourth-order valence-electron chi connectivity index (χ4n) is 11.7. The van der Waals surface area contributed by atoms with Crippen molar-refractivity contribution in [2.24, 2.45) is 50.2 Å². The highest BCUT2D eigenvalue weighted by Gasteiger charge is 2.68. The standard InChI is InChI=1S/C39H56O6/c1-34(2)17-19-39(23-40)20-18-37(5)26(27(39)22-34)9-11-31-35(3)15-14-32(43)36(4,30(35)13-16-38(31,37)6)24-45-33(44)12-8-25-7-10-28(41)29(42)21-25/h7-10,12,21,27,30-32,40-43H,11,13-20,22-24H2,1-6H3/b12-8+/t27?,30?,31?,32-,35-,36-,37+,38+,39+/m0/s1. The number of carbonyl (C=O) groups is 1. The molecule has 0 bridgehead atoms. The van der Waals surface area contributed by atoms with E-state index < -0.39 is 17.5 Å². The van der Waals surface area contributed by atoms with E-state index in [1.165, 1.54) is 24.6 Å². The minimum Gasteiger partial charge on any atom is -0.504 e. The summed E-state index contributed by atoms with van der Waals surface area (Å²) in [5.74, 6) is 0.217. The Balaban J connectivity index is 1.25. The highest BCUT2D eigenvalue weighted by molar-refractivity contribution is 5.87. The molecule has 1 aromatic carbocycles. The minimum absolute atomic E-state index is 0.00911. The molecule has 6 nitrogen and oxygen atoms in total. The van der Waals surface area contributed by atoms with Gasteiger partial charge in [-0.15, -0.1) is 0 Å². The van der Waals surface area contributed by atoms with Gasteiger partial charge in [-0.25, -0.2) is 4.79 Å². The Kier molecular flexibility index (Phi) is 7.88. The van der Waals surface area contributed by atoms with Gasteiger partial charge in [-0.1, -0.05) is 59.3 Å². The van der Waals surface area contributed by atoms with Gasteiger partial charge in [0.1, 0.15) is 0 Å². The van der Waals surface area contributed by atoms with Crippen molar-refractivity contribution in [3.63, 3.8) is 0 Å². The number of allylic oxidation sites excluding steroid dienone is 2. The number of aliphatic hydroxyl groups is 2. The lowest BCUT2D eigenvalue weighted by atomic mass is 9.33. The van der Waals surface area contributed by atoms with Crippen molar-refractivity contribution >= 4 is 12.0 Å². The highest BCUT2D eigenvalue weighted by Crippen LogP contribution is 2.75. The summed E-state index contributed by atoms with van der Waals surface area (Å²) in [7, 11) is 0. The van der Waals surface area contributed by atoms with Gasteiger partial charge in [0.15, 0.2) is 11.5 Å². The van der Waals surface area contributed by atoms with E-state index in [-0.39, 0.29) is 45.7 Å². The smallest absolute Gasteiger partial charge is 0.330 e. The predicted octanol–water partition coefficient (Wildman–Crippen LogP) is 7.79. The number of hydrogen-bond donors (Lipinski definition) is 4. The number of phenols is 2. The molecule has 0 aliphatic heterocycles. The molecule has 4 saturated carbocycles. The zero-order valence-electron chi connectivity index (χ0n) is 28.4. The molecule has 6 rings (SSSR count). The number of benzene rings is 1. The second-order valence-electron chi connectivity index (χ2n) is 17.5. The number of esters is 1. The third-order valence-electron chi connectivity index (χ3n) is 14.8. The quantitative estimate of drug-likeness (QED) is 0.116. The number of aromatic hydroxyl groups is 2. The summed E-state index contributed by atoms with van der Waals surface area (Å²) in [6.45, 7) is 15.0. The first-order valence-corrected chi connectivity index (χ1v) is 17.4. The maximum absolute atomic E-state index is 12.9. The van der Waals surface area contributed by atoms with Gasteiger partial charge >= 0.3 is 5.97 Å². The van der Waals surface area contributed by atoms with Crippen LogP contribution in [0.25, 0.3) is 6.08 Å². The lowest BCUT2D eigenvalue weighted by molar-refractivity contribution is -0.219. The molecule has 4 fully saturated rings. The fourth-order valence-corrected chi connectivity index (χ4v) is 11.7. The van der Waals surface area contributed by atoms with Crippen LogP contribution in [0, 0.1) is 50.2 Å². The monoisotopic (exact) mass is 620 g/mol. The fraction of sp³-hybridized carbons (Fsp3) is 0.718. The van der Waals surface area contributed by atoms with Gasteiger partial charge in [-0.05, 0) is 127 Å². The Hall–Kier alpha value is -2.31. The summed E-state index contributed by atoms with van der Waals surface area (Å²) in [6.07, 6.45) is 15.5. The molecule has 1 aromatic rings. The first-order valence-electron chi connectivity index (χ1n) is 17.4. The van der Waals surface area contributed by atoms with Gasteiger partial charge in [0.25, 0.3) is 0 Å². The van der Waals surface area contributed by atoms with E-state index >= 15 is 0 Å². The molecular formula is C39H56O6. The Morgan fingerprint density at radius 3 is 2.38 bits per heavy atom. The lowest BCUT2D eigenvalue weighted by Crippen LogP contribution is -2.65. The maximum Gasteiger partial charge on any atom is 0.330 e. The molecule has 5 aliphatic rings. The van der Waals surface area contributed by atoms with Crippen molar-refractivity contribution in [2.45, 2.75) is 112 Å². The molecule has 0 radical (unpaired) electrons. The Labute approximate surface area is 270 Å². The van der Waals surface area contributed by atoms with Crippen LogP contribution < -0.4 is 0 Å². The van der Waals surface area contributed by atoms with Crippen LogP contribution in [0.5, 0.6) is 11.5 Å². The maximum atomic E-state index is 12.9. The molecule has 45 heavy (non-hydrogen) atoms. The number of phenolic OH excluding ortho intramolecular Hbond substituents is 2. The van der Waals surface area contributed by atoms with Crippen molar-refractivity contribution in [1.29, 1.82) is 0 Å². The predicted molar refractivity (Wildman–Crippen MR) is 176 cm³/mol. The summed E-state index contributed by atoms with van der Waals surface area (Å²) in [5.41, 5.74) is 2.22. The molecular weight excluding hydrogens is 564 g/mol. The third-order valence-corrected chi connectivity index (χ3v) is 14.8. The van der Waals surface area contributed by atoms with E-state index in [1.807, 2.05) is 0 Å². The molecule has 3 unspecified atom stereocenters. The molecule has 9 atom stereocenters. The van der Waals surface area contributed by atoms with Crippen LogP contribution in [-0.4, -0.2) is 45.7 Å². The van der Waals surface area contributed by atoms with Gasteiger partial charge in [0.05, 0.1) is 12.7 Å². The van der Waals surface area contributed by atoms with Crippen LogP contribution in [-0.2, 0) is 9.53 Å². The van der Waals surface area contributed by atoms with Gasteiger partial charge in [0.2, 0.25) is 0 Å². The summed E-state index contributed by atoms with van der Waals surface area (Å²) < 4.78 is 5.86. The summed E-state index contributed by atoms with van der Waals surface area (Å²) in [4.78, 5) is 12.9. The van der Waals surface area contributed by atoms with E-state index in [0.29, 0.717) is 35.8 Å². The van der Waals surface area contributed by atoms with E-state index in [2.05, 4.69) is 47.6 Å². The minimum atomic E-state index is -0.550. The molecule has 0 amide bonds. The zero-order chi connectivity index (χ0) is 32.6. The average molecular weight is 621 g/mol. The molecule has 4 N–H and O–H groups in total. The SMILES string of the molecule is CC1(C)CC[C@]2(CO)CC[C@]3(C)C(=CCC4[C@@]5(C)CC[C@H](O)[C@@](C)(COC(=O)/C=C/c6ccc(O)c(O)c6)C5CC[C@]43C)C2C1. The molecule has 0 spiro atoms. The van der Waals surface area contributed by atoms with Gasteiger partial charge < -0.3 is 25.2 Å². The number of hydrogen-bond acceptors (Lipinski definition) is 6. The van der Waals surface area contributed by atoms with E-state index in [9.17, 15) is 25.2 Å². The first kappa shape index (κ1) is 32.6. The van der Waals surface area contributed by atoms with Crippen LogP contribution in [0.3, 0.4) is 0 Å². The van der Waals surface area contributed by atoms with Gasteiger partial charge in [-0.2, -0.15) is 0 Å². The lowest BCUT2D eigenvalue weighted by Gasteiger charge is -2.71. The topological polar surface area (TPSA) is 107 Å². The number of rotatable bonds is 5. The molecule has 0 aromatic heterocycles. The second-order valence-corrected chi connectivity index (χ2v) is 17.5. The van der Waals surface area contributed by atoms with Crippen molar-refractivity contribution < 1.29 is 30.0 Å². The van der Waals surface area contributed by atoms with Crippen LogP contribution in [0.2, 0.25) is 0 Å². The Morgan fingerprint density at radius 1 is 0.933 bits per heavy atom. The van der Waals surface area contributed by atoms with Crippen LogP contribution in [0.1, 0.15) is 111 Å². The van der Waals surface area contributed by atoms with E-state index in [1.54, 1.807) is 17.7 Å². The molecule has 0 heterocycles. The molecule has 5 aliphatic carbocycles. The summed E-state index contributed by atoms with van der Waals surface area (Å²) in [5, 5.41) is 41.6. The van der Waals surface area contributed by atoms with Crippen molar-refractivity contribution in [3.8, 4) is 11.5 Å². The van der Waals surface area contributed by atoms with Crippen LogP contribution in [0.15, 0.2) is 35.9 Å². The zero-order valence-corrected chi connectivity index (χ0v) is 28.4. The van der Waals surface area contributed by atoms with Crippen molar-refractivity contribution in [3.05, 3.63) is 41.5 Å². The summed E-state index contributed by atoms with van der Waals surface area (Å²) >= 11 is 0. The normalized spacial score (nSPS) is 43.8. The van der Waals surface area contributed by atoms with Gasteiger partial charge in [0, 0.05) is 23.5 Å². The Bertz CT molecular complexity index is 1400. The first-order chi connectivity index (χ1) is 21.0. The van der Waals surface area contributed by atoms with Crippen LogP contribution in [0.4, 0.5) is 0 Å². The molecule has 0 saturated heterocycles.